The molecule has 0 bridgehead atoms. The molecule has 3 fully saturated rings. The Kier molecular flexibility index (Phi) is 22.7. The van der Waals surface area contributed by atoms with Gasteiger partial charge in [-0.2, -0.15) is 0 Å². The summed E-state index contributed by atoms with van der Waals surface area (Å²) in [5.41, 5.74) is 10.9. The third-order valence-corrected chi connectivity index (χ3v) is 19.5. The first kappa shape index (κ1) is 67.9. The molecule has 14 rings (SSSR count). The Hall–Kier alpha value is -10.1. The van der Waals surface area contributed by atoms with E-state index in [0.717, 1.165) is 87.8 Å². The lowest BCUT2D eigenvalue weighted by atomic mass is 10.1. The van der Waals surface area contributed by atoms with Crippen molar-refractivity contribution in [2.75, 3.05) is 69.2 Å². The number of halogens is 1. The Bertz CT molecular complexity index is 4100. The number of fused-ring (bicyclic) bond motifs is 4. The number of methoxy groups -OCH3 is 3. The van der Waals surface area contributed by atoms with Gasteiger partial charge in [-0.15, -0.1) is 0 Å². The fraction of sp³-hybridized carbons (Fsp3) is 0.284. The molecule has 5 aliphatic rings. The van der Waals surface area contributed by atoms with Crippen molar-refractivity contribution in [1.29, 1.82) is 0 Å². The van der Waals surface area contributed by atoms with Crippen LogP contribution in [-0.2, 0) is 58.3 Å². The van der Waals surface area contributed by atoms with Gasteiger partial charge in [0.1, 0.15) is 66.4 Å². The third kappa shape index (κ3) is 16.5. The first-order valence-electron chi connectivity index (χ1n) is 33.7. The molecule has 0 spiro atoms. The average Bonchev–Trinajstić information content (AvgIpc) is 1.62. The van der Waals surface area contributed by atoms with Gasteiger partial charge >= 0.3 is 0 Å². The molecule has 0 aromatic heterocycles. The summed E-state index contributed by atoms with van der Waals surface area (Å²) in [4.78, 5) is 63.7. The van der Waals surface area contributed by atoms with Crippen molar-refractivity contribution in [2.45, 2.75) is 95.7 Å². The standard InChI is InChI=1S/C27H27BrN2O4.C27H26N2O4.C27H30N2O2/c1-33-21-14-12-19(13-15-21)17-26(31)30-16-6-10-24(30)27(32)29-23-9-4-5-11-25(23)34-18-20-7-2-3-8-22(20)28;1-32-21-14-12-19(13-15-21)17-26(30)28-16-6-10-24(28)27(31)29-22-8-3-2-7-20(22)18-33-25-11-5-4-9-23(25)29;1-30-24-14-12-21(13-15-24)16-18-28-17-6-8-23(28)19-29-25-9-3-2-7-22(25)20-31-27-11-5-4-10-26(27)29/h2-5,7-9,11-15,24H,6,10,16-18H2,1H3,(H,29,32);2-5,7-9,11-15,24H,6,10,16-18H2,1H3;2-5,7,9-15,23H,6,8,16-20H2,1H3/t2*24-;23-/m111/s1. The van der Waals surface area contributed by atoms with Crippen LogP contribution in [0.2, 0.25) is 0 Å². The highest BCUT2D eigenvalue weighted by Gasteiger charge is 2.40. The Morgan fingerprint density at radius 2 is 0.990 bits per heavy atom. The van der Waals surface area contributed by atoms with Crippen LogP contribution in [0, 0.1) is 0 Å². The molecule has 1 N–H and O–H groups in total. The van der Waals surface area contributed by atoms with Gasteiger partial charge in [0.25, 0.3) is 5.91 Å². The number of likely N-dealkylation sites (tertiary alicyclic amines) is 3. The second-order valence-electron chi connectivity index (χ2n) is 24.9. The zero-order chi connectivity index (χ0) is 67.7. The lowest BCUT2D eigenvalue weighted by molar-refractivity contribution is -0.136. The molecule has 9 aromatic rings. The van der Waals surface area contributed by atoms with Crippen LogP contribution < -0.4 is 43.5 Å². The van der Waals surface area contributed by atoms with E-state index in [0.29, 0.717) is 74.7 Å². The number of carbonyl (C=O) groups is 4. The van der Waals surface area contributed by atoms with E-state index in [1.54, 1.807) is 36.0 Å². The predicted molar refractivity (Wildman–Crippen MR) is 386 cm³/mol. The van der Waals surface area contributed by atoms with Gasteiger partial charge in [0.15, 0.2) is 0 Å². The molecule has 0 aliphatic carbocycles. The first-order valence-corrected chi connectivity index (χ1v) is 34.5. The van der Waals surface area contributed by atoms with Crippen molar-refractivity contribution >= 4 is 68.0 Å². The average molecular weight is 1380 g/mol. The summed E-state index contributed by atoms with van der Waals surface area (Å²) in [5, 5.41) is 2.98. The highest BCUT2D eigenvalue weighted by molar-refractivity contribution is 9.10. The minimum atomic E-state index is -0.505. The maximum atomic E-state index is 14.0. The fourth-order valence-electron chi connectivity index (χ4n) is 13.5. The van der Waals surface area contributed by atoms with Crippen molar-refractivity contribution in [3.8, 4) is 34.5 Å². The zero-order valence-corrected chi connectivity index (χ0v) is 57.3. The number of hydrogen-bond acceptors (Lipinski definition) is 12. The molecular weight excluding hydrogens is 1300 g/mol. The molecule has 504 valence electrons. The van der Waals surface area contributed by atoms with E-state index in [1.165, 1.54) is 41.9 Å². The number of amides is 4. The van der Waals surface area contributed by atoms with Crippen LogP contribution in [0.25, 0.3) is 0 Å². The number of ether oxygens (including phenoxy) is 6. The lowest BCUT2D eigenvalue weighted by Gasteiger charge is -2.32. The molecule has 16 nitrogen and oxygen atoms in total. The minimum Gasteiger partial charge on any atom is -0.497 e. The highest BCUT2D eigenvalue weighted by Crippen LogP contribution is 2.43. The number of carbonyl (C=O) groups excluding carboxylic acids is 4. The highest BCUT2D eigenvalue weighted by atomic mass is 79.9. The van der Waals surface area contributed by atoms with Crippen molar-refractivity contribution in [1.82, 2.24) is 14.7 Å². The molecule has 9 aromatic carbocycles. The van der Waals surface area contributed by atoms with E-state index in [4.69, 9.17) is 28.4 Å². The summed E-state index contributed by atoms with van der Waals surface area (Å²) in [6.07, 6.45) is 6.96. The molecule has 3 saturated heterocycles. The van der Waals surface area contributed by atoms with E-state index >= 15 is 0 Å². The Morgan fingerprint density at radius 3 is 1.61 bits per heavy atom. The van der Waals surface area contributed by atoms with Gasteiger partial charge in [-0.1, -0.05) is 143 Å². The lowest BCUT2D eigenvalue weighted by Crippen LogP contribution is -2.47. The molecule has 17 heteroatoms. The van der Waals surface area contributed by atoms with Crippen LogP contribution >= 0.6 is 15.9 Å². The molecule has 5 aliphatic heterocycles. The monoisotopic (exact) mass is 1380 g/mol. The van der Waals surface area contributed by atoms with E-state index in [9.17, 15) is 19.2 Å². The molecule has 0 unspecified atom stereocenters. The number of anilines is 5. The summed E-state index contributed by atoms with van der Waals surface area (Å²) in [7, 11) is 4.94. The second-order valence-corrected chi connectivity index (χ2v) is 25.7. The van der Waals surface area contributed by atoms with Crippen LogP contribution in [0.3, 0.4) is 0 Å². The second kappa shape index (κ2) is 32.8. The Balaban J connectivity index is 0.000000140. The number of para-hydroxylation sites is 8. The van der Waals surface area contributed by atoms with Gasteiger partial charge in [0.2, 0.25) is 17.7 Å². The molecule has 98 heavy (non-hydrogen) atoms. The Labute approximate surface area is 582 Å². The summed E-state index contributed by atoms with van der Waals surface area (Å²) in [6, 6.07) is 70.6. The normalized spacial score (nSPS) is 16.7. The fourth-order valence-corrected chi connectivity index (χ4v) is 13.9. The van der Waals surface area contributed by atoms with Crippen LogP contribution in [0.1, 0.15) is 71.9 Å². The molecule has 0 saturated carbocycles. The number of benzene rings is 9. The van der Waals surface area contributed by atoms with Crippen molar-refractivity contribution in [2.24, 2.45) is 0 Å². The van der Waals surface area contributed by atoms with Crippen molar-refractivity contribution in [3.63, 3.8) is 0 Å². The summed E-state index contributed by atoms with van der Waals surface area (Å²) in [5.74, 6) is 4.25. The molecule has 5 heterocycles. The third-order valence-electron chi connectivity index (χ3n) is 18.8. The van der Waals surface area contributed by atoms with Crippen LogP contribution in [0.15, 0.2) is 223 Å². The number of nitrogens with one attached hydrogen (secondary N) is 1. The smallest absolute Gasteiger partial charge is 0.254 e. The minimum absolute atomic E-state index is 0.0383. The molecular formula is C81H83BrN6O10. The van der Waals surface area contributed by atoms with Gasteiger partial charge in [0, 0.05) is 59.1 Å². The van der Waals surface area contributed by atoms with Crippen LogP contribution in [0.4, 0.5) is 28.4 Å². The van der Waals surface area contributed by atoms with E-state index in [2.05, 4.69) is 104 Å². The van der Waals surface area contributed by atoms with Gasteiger partial charge in [-0.3, -0.25) is 29.0 Å². The van der Waals surface area contributed by atoms with E-state index < -0.39 is 12.1 Å². The maximum absolute atomic E-state index is 14.0. The number of nitrogens with zero attached hydrogens (tertiary/aromatic N) is 5. The van der Waals surface area contributed by atoms with Gasteiger partial charge < -0.3 is 48.4 Å². The van der Waals surface area contributed by atoms with E-state index in [-0.39, 0.29) is 36.5 Å². The number of hydrogen-bond donors (Lipinski definition) is 1. The summed E-state index contributed by atoms with van der Waals surface area (Å²) < 4.78 is 34.8. The van der Waals surface area contributed by atoms with Crippen molar-refractivity contribution in [3.05, 3.63) is 256 Å². The molecule has 0 radical (unpaired) electrons. The largest absolute Gasteiger partial charge is 0.497 e. The maximum Gasteiger partial charge on any atom is 0.254 e. The van der Waals surface area contributed by atoms with Crippen molar-refractivity contribution < 1.29 is 47.6 Å². The van der Waals surface area contributed by atoms with Gasteiger partial charge in [0.05, 0.1) is 56.9 Å². The Morgan fingerprint density at radius 1 is 0.500 bits per heavy atom. The van der Waals surface area contributed by atoms with Gasteiger partial charge in [-0.05, 0) is 159 Å². The first-order chi connectivity index (χ1) is 48.0. The topological polar surface area (TPSA) is 152 Å². The van der Waals surface area contributed by atoms with Crippen LogP contribution in [-0.4, -0.2) is 111 Å². The van der Waals surface area contributed by atoms with Crippen LogP contribution in [0.5, 0.6) is 34.5 Å². The summed E-state index contributed by atoms with van der Waals surface area (Å²) >= 11 is 3.53. The summed E-state index contributed by atoms with van der Waals surface area (Å²) in [6.45, 7) is 5.78. The van der Waals surface area contributed by atoms with E-state index in [1.807, 2.05) is 146 Å². The van der Waals surface area contributed by atoms with Gasteiger partial charge in [-0.25, -0.2) is 0 Å². The number of rotatable bonds is 18. The molecule has 4 amide bonds. The predicted octanol–water partition coefficient (Wildman–Crippen LogP) is 15.1. The zero-order valence-electron chi connectivity index (χ0n) is 55.7. The quantitative estimate of drug-likeness (QED) is 0.0870. The SMILES string of the molecule is COc1ccc(CC(=O)N2CCC[C@@H]2C(=O)N2c3ccccc3COc3ccccc32)cc1.COc1ccc(CC(=O)N2CCC[C@@H]2C(=O)Nc2ccccc2OCc2ccccc2Br)cc1.COc1ccc(CCN2CCC[C@@H]2CN2c3ccccc3COc3ccccc32)cc1. The molecule has 3 atom stereocenters.